The summed E-state index contributed by atoms with van der Waals surface area (Å²) in [4.78, 5) is 0. The Bertz CT molecular complexity index is 311. The first kappa shape index (κ1) is 11.5. The molecule has 0 heterocycles. The topological polar surface area (TPSA) is 0 Å². The molecule has 0 amide bonds. The van der Waals surface area contributed by atoms with Crippen molar-refractivity contribution in [2.75, 3.05) is 0 Å². The number of alkyl halides is 1. The van der Waals surface area contributed by atoms with Gasteiger partial charge in [-0.25, -0.2) is 0 Å². The molecule has 0 radical (unpaired) electrons. The van der Waals surface area contributed by atoms with Crippen LogP contribution in [-0.2, 0) is 0 Å². The summed E-state index contributed by atoms with van der Waals surface area (Å²) < 4.78 is 0. The van der Waals surface area contributed by atoms with E-state index in [4.69, 9.17) is 11.6 Å². The van der Waals surface area contributed by atoms with Gasteiger partial charge in [-0.2, -0.15) is 0 Å². The van der Waals surface area contributed by atoms with Crippen LogP contribution in [0.25, 0.3) is 5.57 Å². The van der Waals surface area contributed by atoms with Gasteiger partial charge in [-0.15, -0.1) is 11.6 Å². The second kappa shape index (κ2) is 4.33. The molecule has 1 aromatic rings. The van der Waals surface area contributed by atoms with Crippen molar-refractivity contribution in [3.8, 4) is 0 Å². The largest absolute Gasteiger partial charge is 0.122 e. The predicted molar refractivity (Wildman–Crippen MR) is 68.5 cm³/mol. The molecule has 0 aliphatic heterocycles. The van der Waals surface area contributed by atoms with E-state index in [-0.39, 0.29) is 5.00 Å². The molecule has 0 saturated heterocycles. The fraction of sp³-hybridized carbons (Fsp3) is 0.333. The lowest BCUT2D eigenvalue weighted by Crippen LogP contribution is -2.34. The lowest BCUT2D eigenvalue weighted by molar-refractivity contribution is 1.43. The Morgan fingerprint density at radius 2 is 1.71 bits per heavy atom. The summed E-state index contributed by atoms with van der Waals surface area (Å²) in [6.07, 6.45) is 0. The second-order valence-electron chi connectivity index (χ2n) is 4.62. The van der Waals surface area contributed by atoms with E-state index in [1.54, 1.807) is 0 Å². The van der Waals surface area contributed by atoms with Crippen LogP contribution in [0, 0.1) is 0 Å². The first-order chi connectivity index (χ1) is 6.43. The van der Waals surface area contributed by atoms with Crippen LogP contribution in [0.15, 0.2) is 36.9 Å². The third-order valence-corrected chi connectivity index (χ3v) is 6.31. The molecule has 0 spiro atoms. The van der Waals surface area contributed by atoms with E-state index in [9.17, 15) is 0 Å². The monoisotopic (exact) mass is 224 g/mol. The lowest BCUT2D eigenvalue weighted by atomic mass is 10.1. The Morgan fingerprint density at radius 3 is 2.14 bits per heavy atom. The maximum Gasteiger partial charge on any atom is 0.0704 e. The SMILES string of the molecule is C=C(c1ccccc1)C(Cl)[Si](C)(C)C. The summed E-state index contributed by atoms with van der Waals surface area (Å²) in [6.45, 7) is 10.9. The first-order valence-corrected chi connectivity index (χ1v) is 8.82. The third-order valence-electron chi connectivity index (χ3n) is 2.21. The number of benzene rings is 1. The van der Waals surface area contributed by atoms with Crippen molar-refractivity contribution < 1.29 is 0 Å². The Labute approximate surface area is 92.6 Å². The lowest BCUT2D eigenvalue weighted by Gasteiger charge is -2.25. The maximum atomic E-state index is 6.40. The van der Waals surface area contributed by atoms with E-state index in [1.165, 1.54) is 0 Å². The standard InChI is InChI=1S/C12H17ClSi/c1-10(12(13)14(2,3)4)11-8-6-5-7-9-11/h5-9,12H,1H2,2-4H3. The molecule has 1 unspecified atom stereocenters. The zero-order chi connectivity index (χ0) is 10.8. The molecule has 0 aliphatic carbocycles. The average Bonchev–Trinajstić information content (AvgIpc) is 2.15. The molecule has 0 aliphatic rings. The van der Waals surface area contributed by atoms with Crippen molar-refractivity contribution in [3.63, 3.8) is 0 Å². The van der Waals surface area contributed by atoms with E-state index in [0.29, 0.717) is 0 Å². The summed E-state index contributed by atoms with van der Waals surface area (Å²) in [7, 11) is -1.34. The van der Waals surface area contributed by atoms with Crippen molar-refractivity contribution in [1.29, 1.82) is 0 Å². The molecule has 1 atom stereocenters. The van der Waals surface area contributed by atoms with Gasteiger partial charge < -0.3 is 0 Å². The highest BCUT2D eigenvalue weighted by Gasteiger charge is 2.27. The summed E-state index contributed by atoms with van der Waals surface area (Å²) in [5.41, 5.74) is 2.22. The second-order valence-corrected chi connectivity index (χ2v) is 10.7. The molecule has 0 nitrogen and oxygen atoms in total. The third kappa shape index (κ3) is 2.73. The Kier molecular flexibility index (Phi) is 3.57. The molecule has 0 saturated carbocycles. The highest BCUT2D eigenvalue weighted by Crippen LogP contribution is 2.27. The van der Waals surface area contributed by atoms with Crippen LogP contribution in [0.2, 0.25) is 19.6 Å². The minimum atomic E-state index is -1.34. The van der Waals surface area contributed by atoms with Gasteiger partial charge in [0.25, 0.3) is 0 Å². The number of allylic oxidation sites excluding steroid dienone is 1. The number of hydrogen-bond donors (Lipinski definition) is 0. The Balaban J connectivity index is 2.87. The maximum absolute atomic E-state index is 6.40. The van der Waals surface area contributed by atoms with Crippen LogP contribution in [0.1, 0.15) is 5.56 Å². The van der Waals surface area contributed by atoms with E-state index >= 15 is 0 Å². The van der Waals surface area contributed by atoms with Crippen molar-refractivity contribution in [2.24, 2.45) is 0 Å². The predicted octanol–water partition coefficient (Wildman–Crippen LogP) is 4.18. The molecule has 1 rings (SSSR count). The number of halogens is 1. The van der Waals surface area contributed by atoms with Gasteiger partial charge in [-0.05, 0) is 11.1 Å². The fourth-order valence-corrected chi connectivity index (χ4v) is 2.66. The van der Waals surface area contributed by atoms with Crippen LogP contribution >= 0.6 is 11.6 Å². The highest BCUT2D eigenvalue weighted by atomic mass is 35.5. The molecule has 0 aromatic heterocycles. The fourth-order valence-electron chi connectivity index (χ4n) is 1.32. The summed E-state index contributed by atoms with van der Waals surface area (Å²) in [6, 6.07) is 10.2. The number of hydrogen-bond acceptors (Lipinski definition) is 0. The van der Waals surface area contributed by atoms with Crippen molar-refractivity contribution in [2.45, 2.75) is 24.6 Å². The molecule has 76 valence electrons. The molecule has 14 heavy (non-hydrogen) atoms. The van der Waals surface area contributed by atoms with Crippen molar-refractivity contribution in [3.05, 3.63) is 42.5 Å². The van der Waals surface area contributed by atoms with Crippen LogP contribution in [0.3, 0.4) is 0 Å². The summed E-state index contributed by atoms with van der Waals surface area (Å²) >= 11 is 6.40. The molecular weight excluding hydrogens is 208 g/mol. The Hall–Kier alpha value is -0.533. The van der Waals surface area contributed by atoms with Gasteiger partial charge in [-0.1, -0.05) is 56.6 Å². The highest BCUT2D eigenvalue weighted by molar-refractivity contribution is 6.86. The van der Waals surface area contributed by atoms with Crippen molar-refractivity contribution in [1.82, 2.24) is 0 Å². The summed E-state index contributed by atoms with van der Waals surface area (Å²) in [5.74, 6) is 0. The van der Waals surface area contributed by atoms with Crippen molar-refractivity contribution >= 4 is 25.2 Å². The summed E-state index contributed by atoms with van der Waals surface area (Å²) in [5, 5.41) is 0.116. The van der Waals surface area contributed by atoms with Gasteiger partial charge in [0, 0.05) is 0 Å². The van der Waals surface area contributed by atoms with E-state index < -0.39 is 8.07 Å². The van der Waals surface area contributed by atoms with Gasteiger partial charge in [0.15, 0.2) is 0 Å². The van der Waals surface area contributed by atoms with Gasteiger partial charge in [0.2, 0.25) is 0 Å². The van der Waals surface area contributed by atoms with Gasteiger partial charge in [0.1, 0.15) is 0 Å². The number of rotatable bonds is 3. The van der Waals surface area contributed by atoms with Gasteiger partial charge in [-0.3, -0.25) is 0 Å². The Morgan fingerprint density at radius 1 is 1.21 bits per heavy atom. The molecule has 0 fully saturated rings. The zero-order valence-corrected chi connectivity index (χ0v) is 10.8. The molecule has 0 N–H and O–H groups in total. The van der Waals surface area contributed by atoms with E-state index in [1.807, 2.05) is 18.2 Å². The smallest absolute Gasteiger partial charge is 0.0704 e. The zero-order valence-electron chi connectivity index (χ0n) is 9.05. The van der Waals surface area contributed by atoms with Crippen LogP contribution < -0.4 is 0 Å². The minimum Gasteiger partial charge on any atom is -0.122 e. The van der Waals surface area contributed by atoms with Crippen LogP contribution in [0.4, 0.5) is 0 Å². The van der Waals surface area contributed by atoms with Crippen LogP contribution in [0.5, 0.6) is 0 Å². The normalized spacial score (nSPS) is 13.7. The van der Waals surface area contributed by atoms with E-state index in [2.05, 4.69) is 38.4 Å². The van der Waals surface area contributed by atoms with Gasteiger partial charge >= 0.3 is 0 Å². The first-order valence-electron chi connectivity index (χ1n) is 4.81. The average molecular weight is 225 g/mol. The van der Waals surface area contributed by atoms with E-state index in [0.717, 1.165) is 11.1 Å². The van der Waals surface area contributed by atoms with Crippen LogP contribution in [-0.4, -0.2) is 13.1 Å². The molecule has 0 bridgehead atoms. The molecule has 2 heteroatoms. The molecular formula is C12H17ClSi. The quantitative estimate of drug-likeness (QED) is 0.534. The van der Waals surface area contributed by atoms with Gasteiger partial charge in [0.05, 0.1) is 13.1 Å². The minimum absolute atomic E-state index is 0.116. The molecule has 1 aromatic carbocycles.